The standard InChI is InChI=1S/C22H23NO4/c1-14-6-2-5-9-17(14)27-21-20(23(22(21)24)16-7-3-4-8-16)15-10-11-18-19(12-15)26-13-25-18/h2,5-6,9-12,16,20-21H,3-4,7-8,13H2,1H3/t20-,21+/m0/s1. The molecule has 0 bridgehead atoms. The Balaban J connectivity index is 1.48. The molecule has 0 radical (unpaired) electrons. The number of aryl methyl sites for hydroxylation is 1. The lowest BCUT2D eigenvalue weighted by Crippen LogP contribution is -2.64. The second kappa shape index (κ2) is 6.48. The van der Waals surface area contributed by atoms with Crippen LogP contribution in [0.15, 0.2) is 42.5 Å². The molecule has 0 unspecified atom stereocenters. The van der Waals surface area contributed by atoms with Gasteiger partial charge in [-0.15, -0.1) is 0 Å². The van der Waals surface area contributed by atoms with E-state index in [4.69, 9.17) is 14.2 Å². The summed E-state index contributed by atoms with van der Waals surface area (Å²) in [6.07, 6.45) is 4.03. The van der Waals surface area contributed by atoms with Gasteiger partial charge in [0.05, 0.1) is 0 Å². The fourth-order valence-corrected chi connectivity index (χ4v) is 4.45. The number of hydrogen-bond acceptors (Lipinski definition) is 4. The van der Waals surface area contributed by atoms with Gasteiger partial charge < -0.3 is 19.1 Å². The van der Waals surface area contributed by atoms with E-state index in [2.05, 4.69) is 0 Å². The molecule has 1 saturated carbocycles. The minimum atomic E-state index is -0.493. The predicted molar refractivity (Wildman–Crippen MR) is 100 cm³/mol. The Kier molecular flexibility index (Phi) is 3.96. The van der Waals surface area contributed by atoms with E-state index in [0.717, 1.165) is 41.2 Å². The van der Waals surface area contributed by atoms with Gasteiger partial charge in [-0.1, -0.05) is 37.1 Å². The van der Waals surface area contributed by atoms with Gasteiger partial charge in [-0.05, 0) is 49.1 Å². The van der Waals surface area contributed by atoms with E-state index >= 15 is 0 Å². The van der Waals surface area contributed by atoms with E-state index in [9.17, 15) is 4.79 Å². The van der Waals surface area contributed by atoms with Crippen LogP contribution in [-0.2, 0) is 4.79 Å². The summed E-state index contributed by atoms with van der Waals surface area (Å²) in [7, 11) is 0. The molecule has 2 fully saturated rings. The minimum Gasteiger partial charge on any atom is -0.478 e. The Morgan fingerprint density at radius 1 is 1.04 bits per heavy atom. The summed E-state index contributed by atoms with van der Waals surface area (Å²) < 4.78 is 17.2. The third-order valence-corrected chi connectivity index (χ3v) is 5.89. The molecule has 3 aliphatic rings. The molecule has 27 heavy (non-hydrogen) atoms. The van der Waals surface area contributed by atoms with Gasteiger partial charge in [0, 0.05) is 6.04 Å². The summed E-state index contributed by atoms with van der Waals surface area (Å²) in [6.45, 7) is 2.25. The number of para-hydroxylation sites is 1. The Morgan fingerprint density at radius 2 is 1.81 bits per heavy atom. The van der Waals surface area contributed by atoms with Crippen LogP contribution in [0, 0.1) is 6.92 Å². The monoisotopic (exact) mass is 365 g/mol. The van der Waals surface area contributed by atoms with Crippen LogP contribution in [0.2, 0.25) is 0 Å². The highest BCUT2D eigenvalue weighted by atomic mass is 16.7. The number of ether oxygens (including phenoxy) is 3. The second-order valence-corrected chi connectivity index (χ2v) is 7.55. The van der Waals surface area contributed by atoms with Crippen LogP contribution >= 0.6 is 0 Å². The van der Waals surface area contributed by atoms with Crippen molar-refractivity contribution in [2.24, 2.45) is 0 Å². The quantitative estimate of drug-likeness (QED) is 0.769. The molecule has 1 amide bonds. The summed E-state index contributed by atoms with van der Waals surface area (Å²) in [5.74, 6) is 2.36. The van der Waals surface area contributed by atoms with Crippen molar-refractivity contribution in [1.82, 2.24) is 4.90 Å². The van der Waals surface area contributed by atoms with Gasteiger partial charge in [-0.2, -0.15) is 0 Å². The molecule has 2 atom stereocenters. The second-order valence-electron chi connectivity index (χ2n) is 7.55. The number of benzene rings is 2. The van der Waals surface area contributed by atoms with Crippen LogP contribution in [-0.4, -0.2) is 29.7 Å². The van der Waals surface area contributed by atoms with Gasteiger partial charge in [0.2, 0.25) is 12.9 Å². The van der Waals surface area contributed by atoms with E-state index < -0.39 is 6.10 Å². The third-order valence-electron chi connectivity index (χ3n) is 5.89. The van der Waals surface area contributed by atoms with Crippen molar-refractivity contribution in [1.29, 1.82) is 0 Å². The van der Waals surface area contributed by atoms with Gasteiger partial charge in [-0.25, -0.2) is 0 Å². The fourth-order valence-electron chi connectivity index (χ4n) is 4.45. The number of β-lactam (4-membered cyclic amide) rings is 1. The zero-order chi connectivity index (χ0) is 18.4. The van der Waals surface area contributed by atoms with Crippen molar-refractivity contribution < 1.29 is 19.0 Å². The first-order valence-electron chi connectivity index (χ1n) is 9.66. The molecule has 2 heterocycles. The van der Waals surface area contributed by atoms with E-state index in [-0.39, 0.29) is 18.7 Å². The SMILES string of the molecule is Cc1ccccc1O[C@H]1C(=O)N(C2CCCC2)[C@H]1c1ccc2c(c1)OCO2. The van der Waals surface area contributed by atoms with E-state index in [1.807, 2.05) is 54.3 Å². The van der Waals surface area contributed by atoms with E-state index in [0.29, 0.717) is 6.04 Å². The summed E-state index contributed by atoms with van der Waals surface area (Å²) in [5, 5.41) is 0. The van der Waals surface area contributed by atoms with Gasteiger partial charge in [0.1, 0.15) is 11.8 Å². The number of rotatable bonds is 4. The molecule has 2 aromatic rings. The lowest BCUT2D eigenvalue weighted by atomic mass is 9.87. The van der Waals surface area contributed by atoms with Crippen molar-refractivity contribution in [3.8, 4) is 17.2 Å². The first-order valence-corrected chi connectivity index (χ1v) is 9.66. The topological polar surface area (TPSA) is 48.0 Å². The van der Waals surface area contributed by atoms with Gasteiger partial charge >= 0.3 is 0 Å². The van der Waals surface area contributed by atoms with Gasteiger partial charge in [0.25, 0.3) is 5.91 Å². The highest BCUT2D eigenvalue weighted by molar-refractivity contribution is 5.89. The predicted octanol–water partition coefficient (Wildman–Crippen LogP) is 4.00. The maximum atomic E-state index is 13.0. The van der Waals surface area contributed by atoms with Crippen molar-refractivity contribution in [3.63, 3.8) is 0 Å². The molecule has 2 aromatic carbocycles. The highest BCUT2D eigenvalue weighted by Crippen LogP contribution is 2.45. The van der Waals surface area contributed by atoms with E-state index in [1.54, 1.807) is 0 Å². The zero-order valence-corrected chi connectivity index (χ0v) is 15.4. The van der Waals surface area contributed by atoms with Crippen LogP contribution in [0.25, 0.3) is 0 Å². The number of fused-ring (bicyclic) bond motifs is 1. The molecule has 140 valence electrons. The maximum absolute atomic E-state index is 13.0. The number of nitrogens with zero attached hydrogens (tertiary/aromatic N) is 1. The van der Waals surface area contributed by atoms with E-state index in [1.165, 1.54) is 12.8 Å². The molecule has 0 aromatic heterocycles. The first kappa shape index (κ1) is 16.5. The lowest BCUT2D eigenvalue weighted by molar-refractivity contribution is -0.169. The number of carbonyl (C=O) groups is 1. The van der Waals surface area contributed by atoms with Crippen molar-refractivity contribution >= 4 is 5.91 Å². The zero-order valence-electron chi connectivity index (χ0n) is 15.4. The van der Waals surface area contributed by atoms with Crippen LogP contribution in [0.4, 0.5) is 0 Å². The largest absolute Gasteiger partial charge is 0.478 e. The molecule has 0 spiro atoms. The molecule has 1 aliphatic carbocycles. The van der Waals surface area contributed by atoms with Crippen molar-refractivity contribution in [2.75, 3.05) is 6.79 Å². The Hall–Kier alpha value is -2.69. The fraction of sp³-hybridized carbons (Fsp3) is 0.409. The van der Waals surface area contributed by atoms with Gasteiger partial charge in [0.15, 0.2) is 11.5 Å². The first-order chi connectivity index (χ1) is 13.2. The highest BCUT2D eigenvalue weighted by Gasteiger charge is 2.53. The van der Waals surface area contributed by atoms with Crippen LogP contribution in [0.5, 0.6) is 17.2 Å². The van der Waals surface area contributed by atoms with Crippen LogP contribution < -0.4 is 14.2 Å². The number of amides is 1. The summed E-state index contributed by atoms with van der Waals surface area (Å²) >= 11 is 0. The molecular weight excluding hydrogens is 342 g/mol. The van der Waals surface area contributed by atoms with Gasteiger partial charge in [-0.3, -0.25) is 4.79 Å². The molecule has 5 nitrogen and oxygen atoms in total. The van der Waals surface area contributed by atoms with Crippen molar-refractivity contribution in [3.05, 3.63) is 53.6 Å². The van der Waals surface area contributed by atoms with Crippen LogP contribution in [0.3, 0.4) is 0 Å². The molecule has 0 N–H and O–H groups in total. The molecule has 1 saturated heterocycles. The number of likely N-dealkylation sites (tertiary alicyclic amines) is 1. The molecular formula is C22H23NO4. The normalized spacial score (nSPS) is 24.2. The summed E-state index contributed by atoms with van der Waals surface area (Å²) in [5.41, 5.74) is 2.08. The molecule has 2 aliphatic heterocycles. The maximum Gasteiger partial charge on any atom is 0.267 e. The average molecular weight is 365 g/mol. The minimum absolute atomic E-state index is 0.0882. The average Bonchev–Trinajstić information content (AvgIpc) is 3.36. The van der Waals surface area contributed by atoms with Crippen molar-refractivity contribution in [2.45, 2.75) is 50.8 Å². The lowest BCUT2D eigenvalue weighted by Gasteiger charge is -2.50. The Morgan fingerprint density at radius 3 is 2.63 bits per heavy atom. The Labute approximate surface area is 158 Å². The number of carbonyl (C=O) groups excluding carboxylic acids is 1. The third kappa shape index (κ3) is 2.73. The molecule has 5 rings (SSSR count). The smallest absolute Gasteiger partial charge is 0.267 e. The number of hydrogen-bond donors (Lipinski definition) is 0. The van der Waals surface area contributed by atoms with Crippen LogP contribution in [0.1, 0.15) is 42.9 Å². The summed E-state index contributed by atoms with van der Waals surface area (Å²) in [4.78, 5) is 15.1. The Bertz CT molecular complexity index is 874. The summed E-state index contributed by atoms with van der Waals surface area (Å²) in [6, 6.07) is 14.0. The molecule has 5 heteroatoms.